The molecule has 5 rings (SSSR count). The van der Waals surface area contributed by atoms with Crippen LogP contribution >= 0.6 is 11.3 Å². The highest BCUT2D eigenvalue weighted by atomic mass is 32.1. The third-order valence-electron chi connectivity index (χ3n) is 5.72. The van der Waals surface area contributed by atoms with Crippen molar-refractivity contribution in [2.75, 3.05) is 11.5 Å². The van der Waals surface area contributed by atoms with Gasteiger partial charge in [0.2, 0.25) is 0 Å². The molecule has 3 aromatic carbocycles. The van der Waals surface area contributed by atoms with E-state index >= 15 is 0 Å². The Kier molecular flexibility index (Phi) is 5.44. The molecule has 0 radical (unpaired) electrons. The molecule has 6 heteroatoms. The second-order valence-corrected chi connectivity index (χ2v) is 8.62. The third-order valence-corrected chi connectivity index (χ3v) is 6.65. The van der Waals surface area contributed by atoms with Crippen LogP contribution in [0.4, 0.5) is 5.69 Å². The van der Waals surface area contributed by atoms with Crippen LogP contribution in [0.5, 0.6) is 5.75 Å². The molecule has 0 bridgehead atoms. The number of hydrogen-bond acceptors (Lipinski definition) is 5. The van der Waals surface area contributed by atoms with E-state index in [0.717, 1.165) is 15.6 Å². The summed E-state index contributed by atoms with van der Waals surface area (Å²) in [4.78, 5) is 29.0. The third kappa shape index (κ3) is 3.58. The predicted molar refractivity (Wildman–Crippen MR) is 131 cm³/mol. The van der Waals surface area contributed by atoms with Crippen molar-refractivity contribution in [2.24, 2.45) is 0 Å². The topological polar surface area (TPSA) is 66.8 Å². The quantitative estimate of drug-likeness (QED) is 0.230. The summed E-state index contributed by atoms with van der Waals surface area (Å²) in [7, 11) is 0. The summed E-state index contributed by atoms with van der Waals surface area (Å²) in [5.74, 6) is -0.887. The number of ketones is 1. The van der Waals surface area contributed by atoms with Gasteiger partial charge in [-0.3, -0.25) is 14.5 Å². The number of fused-ring (bicyclic) bond motifs is 1. The molecule has 1 fully saturated rings. The van der Waals surface area contributed by atoms with E-state index in [1.54, 1.807) is 24.3 Å². The second kappa shape index (κ2) is 8.56. The van der Waals surface area contributed by atoms with Crippen molar-refractivity contribution in [3.8, 4) is 5.75 Å². The molecule has 1 aliphatic heterocycles. The molecule has 33 heavy (non-hydrogen) atoms. The standard InChI is InChI=1S/C27H21NO4S/c1-2-32-19-14-12-18(13-15-19)25(29)23-24(22-11-6-16-33-22)28(27(31)26(23)30)21-10-5-8-17-7-3-4-9-20(17)21/h3-16,24,29H,2H2,1H3/b25-23-. The van der Waals surface area contributed by atoms with E-state index in [2.05, 4.69) is 0 Å². The molecule has 164 valence electrons. The number of thiophene rings is 1. The Morgan fingerprint density at radius 2 is 1.73 bits per heavy atom. The number of anilines is 1. The molecular formula is C27H21NO4S. The van der Waals surface area contributed by atoms with Crippen LogP contribution in [0, 0.1) is 0 Å². The fourth-order valence-electron chi connectivity index (χ4n) is 4.25. The van der Waals surface area contributed by atoms with Crippen molar-refractivity contribution in [3.05, 3.63) is 100 Å². The Morgan fingerprint density at radius 1 is 0.970 bits per heavy atom. The zero-order valence-corrected chi connectivity index (χ0v) is 18.7. The van der Waals surface area contributed by atoms with Gasteiger partial charge in [-0.1, -0.05) is 42.5 Å². The van der Waals surface area contributed by atoms with E-state index in [4.69, 9.17) is 4.74 Å². The van der Waals surface area contributed by atoms with Gasteiger partial charge in [0.15, 0.2) is 0 Å². The molecule has 1 aliphatic rings. The zero-order valence-electron chi connectivity index (χ0n) is 17.9. The minimum Gasteiger partial charge on any atom is -0.507 e. The van der Waals surface area contributed by atoms with Crippen LogP contribution in [0.3, 0.4) is 0 Å². The number of Topliss-reactive ketones (excluding diaryl/α,β-unsaturated/α-hetero) is 1. The summed E-state index contributed by atoms with van der Waals surface area (Å²) in [6.45, 7) is 2.42. The second-order valence-electron chi connectivity index (χ2n) is 7.64. The highest BCUT2D eigenvalue weighted by molar-refractivity contribution is 7.10. The molecule has 4 aromatic rings. The van der Waals surface area contributed by atoms with Gasteiger partial charge in [0, 0.05) is 15.8 Å². The SMILES string of the molecule is CCOc1ccc(/C(O)=C2/C(=O)C(=O)N(c3cccc4ccccc34)C2c2cccs2)cc1. The van der Waals surface area contributed by atoms with E-state index in [1.165, 1.54) is 16.2 Å². The first-order valence-corrected chi connectivity index (χ1v) is 11.5. The van der Waals surface area contributed by atoms with Crippen LogP contribution < -0.4 is 9.64 Å². The molecule has 1 N–H and O–H groups in total. The lowest BCUT2D eigenvalue weighted by Gasteiger charge is -2.25. The number of carbonyl (C=O) groups is 2. The van der Waals surface area contributed by atoms with Crippen LogP contribution in [0.15, 0.2) is 89.8 Å². The van der Waals surface area contributed by atoms with Gasteiger partial charge in [-0.25, -0.2) is 0 Å². The number of ether oxygens (including phenoxy) is 1. The Balaban J connectivity index is 1.70. The van der Waals surface area contributed by atoms with Gasteiger partial charge < -0.3 is 9.84 Å². The smallest absolute Gasteiger partial charge is 0.300 e. The van der Waals surface area contributed by atoms with Crippen molar-refractivity contribution in [1.82, 2.24) is 0 Å². The number of amides is 1. The van der Waals surface area contributed by atoms with Gasteiger partial charge in [0.05, 0.1) is 17.9 Å². The lowest BCUT2D eigenvalue weighted by molar-refractivity contribution is -0.132. The number of benzene rings is 3. The van der Waals surface area contributed by atoms with Crippen LogP contribution in [0.2, 0.25) is 0 Å². The zero-order chi connectivity index (χ0) is 22.9. The summed E-state index contributed by atoms with van der Waals surface area (Å²) in [6, 6.07) is 23.3. The molecule has 1 atom stereocenters. The van der Waals surface area contributed by atoms with Gasteiger partial charge in [0.1, 0.15) is 17.6 Å². The van der Waals surface area contributed by atoms with Crippen molar-refractivity contribution >= 4 is 45.2 Å². The minimum absolute atomic E-state index is 0.0829. The van der Waals surface area contributed by atoms with Gasteiger partial charge in [-0.2, -0.15) is 0 Å². The summed E-state index contributed by atoms with van der Waals surface area (Å²) < 4.78 is 5.47. The van der Waals surface area contributed by atoms with Gasteiger partial charge >= 0.3 is 0 Å². The monoisotopic (exact) mass is 455 g/mol. The summed E-state index contributed by atoms with van der Waals surface area (Å²) in [6.07, 6.45) is 0. The molecule has 1 amide bonds. The number of aliphatic hydroxyl groups excluding tert-OH is 1. The van der Waals surface area contributed by atoms with E-state index < -0.39 is 17.7 Å². The lowest BCUT2D eigenvalue weighted by atomic mass is 9.99. The number of hydrogen-bond donors (Lipinski definition) is 1. The molecule has 1 unspecified atom stereocenters. The van der Waals surface area contributed by atoms with Crippen LogP contribution in [-0.2, 0) is 9.59 Å². The highest BCUT2D eigenvalue weighted by Crippen LogP contribution is 2.45. The first-order valence-electron chi connectivity index (χ1n) is 10.7. The van der Waals surface area contributed by atoms with Crippen molar-refractivity contribution < 1.29 is 19.4 Å². The maximum absolute atomic E-state index is 13.4. The van der Waals surface area contributed by atoms with Crippen molar-refractivity contribution in [3.63, 3.8) is 0 Å². The average Bonchev–Trinajstić information content (AvgIpc) is 3.46. The number of carbonyl (C=O) groups excluding carboxylic acids is 2. The minimum atomic E-state index is -0.720. The Bertz CT molecular complexity index is 1370. The number of nitrogens with zero attached hydrogens (tertiary/aromatic N) is 1. The number of rotatable bonds is 5. The summed E-state index contributed by atoms with van der Waals surface area (Å²) in [5.41, 5.74) is 1.18. The molecule has 0 spiro atoms. The van der Waals surface area contributed by atoms with E-state index in [1.807, 2.05) is 66.9 Å². The Labute approximate surface area is 195 Å². The highest BCUT2D eigenvalue weighted by Gasteiger charge is 2.47. The fraction of sp³-hybridized carbons (Fsp3) is 0.111. The average molecular weight is 456 g/mol. The van der Waals surface area contributed by atoms with Crippen LogP contribution in [0.25, 0.3) is 16.5 Å². The molecule has 0 saturated carbocycles. The molecular weight excluding hydrogens is 434 g/mol. The molecule has 2 heterocycles. The molecule has 1 aromatic heterocycles. The number of aliphatic hydroxyl groups is 1. The van der Waals surface area contributed by atoms with Crippen LogP contribution in [-0.4, -0.2) is 23.4 Å². The van der Waals surface area contributed by atoms with Gasteiger partial charge in [0.25, 0.3) is 11.7 Å². The largest absolute Gasteiger partial charge is 0.507 e. The predicted octanol–water partition coefficient (Wildman–Crippen LogP) is 5.93. The summed E-state index contributed by atoms with van der Waals surface area (Å²) >= 11 is 1.44. The summed E-state index contributed by atoms with van der Waals surface area (Å²) in [5, 5.41) is 14.9. The molecule has 0 aliphatic carbocycles. The van der Waals surface area contributed by atoms with E-state index in [9.17, 15) is 14.7 Å². The van der Waals surface area contributed by atoms with E-state index in [-0.39, 0.29) is 11.3 Å². The first-order chi connectivity index (χ1) is 16.1. The first kappa shape index (κ1) is 21.0. The maximum Gasteiger partial charge on any atom is 0.300 e. The molecule has 5 nitrogen and oxygen atoms in total. The van der Waals surface area contributed by atoms with E-state index in [0.29, 0.717) is 23.6 Å². The normalized spacial score (nSPS) is 17.6. The Morgan fingerprint density at radius 3 is 2.45 bits per heavy atom. The van der Waals surface area contributed by atoms with Crippen molar-refractivity contribution in [1.29, 1.82) is 0 Å². The maximum atomic E-state index is 13.4. The van der Waals surface area contributed by atoms with Crippen molar-refractivity contribution in [2.45, 2.75) is 13.0 Å². The molecule has 1 saturated heterocycles. The Hall–Kier alpha value is -3.90. The fourth-order valence-corrected chi connectivity index (χ4v) is 5.07. The van der Waals surface area contributed by atoms with Gasteiger partial charge in [-0.05, 0) is 54.1 Å². The van der Waals surface area contributed by atoms with Crippen LogP contribution in [0.1, 0.15) is 23.4 Å². The lowest BCUT2D eigenvalue weighted by Crippen LogP contribution is -2.29. The van der Waals surface area contributed by atoms with Gasteiger partial charge in [-0.15, -0.1) is 11.3 Å².